The number of hydrogen-bond donors (Lipinski definition) is 1. The van der Waals surface area contributed by atoms with Crippen molar-refractivity contribution in [2.24, 2.45) is 0 Å². The number of benzene rings is 2. The molecule has 0 spiro atoms. The van der Waals surface area contributed by atoms with Crippen LogP contribution in [0.25, 0.3) is 22.2 Å². The van der Waals surface area contributed by atoms with Crippen LogP contribution in [0.4, 0.5) is 0 Å². The van der Waals surface area contributed by atoms with Gasteiger partial charge in [0.25, 0.3) is 0 Å². The minimum Gasteiger partial charge on any atom is -0.379 e. The maximum Gasteiger partial charge on any atom is 0.179 e. The van der Waals surface area contributed by atoms with Crippen molar-refractivity contribution in [1.82, 2.24) is 9.88 Å². The van der Waals surface area contributed by atoms with E-state index in [1.54, 1.807) is 0 Å². The molecule has 4 rings (SSSR count). The number of rotatable bonds is 4. The number of fused-ring (bicyclic) bond motifs is 1. The third-order valence-electron chi connectivity index (χ3n) is 4.90. The molecule has 0 amide bonds. The summed E-state index contributed by atoms with van der Waals surface area (Å²) in [6, 6.07) is 18.4. The molecule has 0 bridgehead atoms. The van der Waals surface area contributed by atoms with Gasteiger partial charge in [0.15, 0.2) is 5.78 Å². The molecule has 1 N–H and O–H groups in total. The molecule has 0 saturated carbocycles. The van der Waals surface area contributed by atoms with Crippen molar-refractivity contribution in [2.75, 3.05) is 26.3 Å². The minimum absolute atomic E-state index is 0.157. The first kappa shape index (κ1) is 16.1. The number of morpholine rings is 1. The number of aromatic nitrogens is 1. The normalized spacial score (nSPS) is 18.5. The number of ketones is 1. The van der Waals surface area contributed by atoms with Gasteiger partial charge in [-0.05, 0) is 18.6 Å². The Hall–Kier alpha value is -2.43. The van der Waals surface area contributed by atoms with Gasteiger partial charge < -0.3 is 9.72 Å². The van der Waals surface area contributed by atoms with E-state index in [1.165, 1.54) is 0 Å². The zero-order valence-electron chi connectivity index (χ0n) is 14.4. The summed E-state index contributed by atoms with van der Waals surface area (Å²) in [6.07, 6.45) is 0. The number of carbonyl (C=O) groups is 1. The molecule has 1 fully saturated rings. The molecule has 4 nitrogen and oxygen atoms in total. The fraction of sp³-hybridized carbons (Fsp3) is 0.286. The molecule has 1 atom stereocenters. The Labute approximate surface area is 147 Å². The molecule has 0 aliphatic carbocycles. The van der Waals surface area contributed by atoms with Crippen LogP contribution >= 0.6 is 0 Å². The van der Waals surface area contributed by atoms with Crippen LogP contribution in [0.1, 0.15) is 17.3 Å². The van der Waals surface area contributed by atoms with Crippen molar-refractivity contribution in [2.45, 2.75) is 13.0 Å². The molecule has 1 aliphatic rings. The zero-order chi connectivity index (χ0) is 17.2. The van der Waals surface area contributed by atoms with Crippen LogP contribution in [0.2, 0.25) is 0 Å². The molecular formula is C21H22N2O2. The number of carbonyl (C=O) groups excluding carboxylic acids is 1. The summed E-state index contributed by atoms with van der Waals surface area (Å²) in [7, 11) is 0. The molecule has 1 saturated heterocycles. The lowest BCUT2D eigenvalue weighted by atomic mass is 10.0. The molecule has 3 aromatic rings. The number of nitrogens with zero attached hydrogens (tertiary/aromatic N) is 1. The molecule has 25 heavy (non-hydrogen) atoms. The van der Waals surface area contributed by atoms with Crippen LogP contribution < -0.4 is 0 Å². The van der Waals surface area contributed by atoms with E-state index in [0.717, 1.165) is 34.3 Å². The van der Waals surface area contributed by atoms with Crippen LogP contribution in [0.5, 0.6) is 0 Å². The fourth-order valence-corrected chi connectivity index (χ4v) is 3.51. The lowest BCUT2D eigenvalue weighted by Crippen LogP contribution is -2.46. The van der Waals surface area contributed by atoms with Gasteiger partial charge in [-0.15, -0.1) is 0 Å². The Kier molecular flexibility index (Phi) is 4.38. The van der Waals surface area contributed by atoms with Crippen LogP contribution in [-0.4, -0.2) is 48.0 Å². The summed E-state index contributed by atoms with van der Waals surface area (Å²) in [5.74, 6) is 0.157. The lowest BCUT2D eigenvalue weighted by molar-refractivity contribution is 0.00204. The predicted octanol–water partition coefficient (Wildman–Crippen LogP) is 3.74. The van der Waals surface area contributed by atoms with E-state index in [0.29, 0.717) is 19.8 Å². The number of ether oxygens (including phenoxy) is 1. The van der Waals surface area contributed by atoms with Crippen molar-refractivity contribution in [3.8, 4) is 11.3 Å². The molecule has 2 aromatic carbocycles. The monoisotopic (exact) mass is 334 g/mol. The van der Waals surface area contributed by atoms with Gasteiger partial charge in [-0.2, -0.15) is 0 Å². The van der Waals surface area contributed by atoms with E-state index in [4.69, 9.17) is 4.74 Å². The van der Waals surface area contributed by atoms with E-state index < -0.39 is 0 Å². The number of H-pyrrole nitrogens is 1. The summed E-state index contributed by atoms with van der Waals surface area (Å²) < 4.78 is 5.49. The highest BCUT2D eigenvalue weighted by Crippen LogP contribution is 2.31. The van der Waals surface area contributed by atoms with Gasteiger partial charge in [0.1, 0.15) is 0 Å². The van der Waals surface area contributed by atoms with E-state index in [1.807, 2.05) is 54.6 Å². The highest BCUT2D eigenvalue weighted by molar-refractivity contribution is 6.14. The smallest absolute Gasteiger partial charge is 0.179 e. The molecule has 0 radical (unpaired) electrons. The first-order valence-corrected chi connectivity index (χ1v) is 8.75. The fourth-order valence-electron chi connectivity index (χ4n) is 3.51. The summed E-state index contributed by atoms with van der Waals surface area (Å²) in [5.41, 5.74) is 3.74. The van der Waals surface area contributed by atoms with E-state index in [-0.39, 0.29) is 11.8 Å². The summed E-state index contributed by atoms with van der Waals surface area (Å²) in [6.45, 7) is 4.71. The number of para-hydroxylation sites is 1. The van der Waals surface area contributed by atoms with Gasteiger partial charge >= 0.3 is 0 Å². The molecule has 2 heterocycles. The second kappa shape index (κ2) is 6.82. The number of aromatic amines is 1. The topological polar surface area (TPSA) is 45.3 Å². The maximum atomic E-state index is 13.2. The van der Waals surface area contributed by atoms with Crippen molar-refractivity contribution in [3.63, 3.8) is 0 Å². The molecule has 1 unspecified atom stereocenters. The van der Waals surface area contributed by atoms with Crippen LogP contribution in [0.3, 0.4) is 0 Å². The van der Waals surface area contributed by atoms with Gasteiger partial charge in [0.2, 0.25) is 0 Å². The van der Waals surface area contributed by atoms with Gasteiger partial charge in [0.05, 0.1) is 31.0 Å². The number of hydrogen-bond acceptors (Lipinski definition) is 3. The van der Waals surface area contributed by atoms with E-state index >= 15 is 0 Å². The molecular weight excluding hydrogens is 312 g/mol. The average molecular weight is 334 g/mol. The number of nitrogens with one attached hydrogen (secondary N) is 1. The van der Waals surface area contributed by atoms with Crippen molar-refractivity contribution in [3.05, 3.63) is 60.2 Å². The van der Waals surface area contributed by atoms with Crippen molar-refractivity contribution >= 4 is 16.7 Å². The van der Waals surface area contributed by atoms with Crippen LogP contribution in [0, 0.1) is 0 Å². The Morgan fingerprint density at radius 3 is 2.72 bits per heavy atom. The Morgan fingerprint density at radius 1 is 1.16 bits per heavy atom. The van der Waals surface area contributed by atoms with Crippen molar-refractivity contribution in [1.29, 1.82) is 0 Å². The summed E-state index contributed by atoms with van der Waals surface area (Å²) in [4.78, 5) is 18.9. The van der Waals surface area contributed by atoms with Gasteiger partial charge in [-0.3, -0.25) is 9.69 Å². The van der Waals surface area contributed by atoms with Gasteiger partial charge in [0, 0.05) is 23.5 Å². The predicted molar refractivity (Wildman–Crippen MR) is 99.9 cm³/mol. The quantitative estimate of drug-likeness (QED) is 0.739. The Bertz CT molecular complexity index is 885. The second-order valence-corrected chi connectivity index (χ2v) is 6.60. The minimum atomic E-state index is 0.157. The van der Waals surface area contributed by atoms with Crippen LogP contribution in [-0.2, 0) is 4.74 Å². The van der Waals surface area contributed by atoms with Crippen molar-refractivity contribution < 1.29 is 9.53 Å². The average Bonchev–Trinajstić information content (AvgIpc) is 3.04. The first-order valence-electron chi connectivity index (χ1n) is 8.75. The molecule has 1 aliphatic heterocycles. The lowest BCUT2D eigenvalue weighted by Gasteiger charge is -2.32. The Balaban J connectivity index is 1.75. The van der Waals surface area contributed by atoms with Gasteiger partial charge in [-0.25, -0.2) is 0 Å². The Morgan fingerprint density at radius 2 is 1.92 bits per heavy atom. The van der Waals surface area contributed by atoms with E-state index in [9.17, 15) is 4.79 Å². The third-order valence-corrected chi connectivity index (χ3v) is 4.90. The largest absolute Gasteiger partial charge is 0.379 e. The van der Waals surface area contributed by atoms with E-state index in [2.05, 4.69) is 16.8 Å². The summed E-state index contributed by atoms with van der Waals surface area (Å²) >= 11 is 0. The highest BCUT2D eigenvalue weighted by atomic mass is 16.5. The second-order valence-electron chi connectivity index (χ2n) is 6.60. The third kappa shape index (κ3) is 3.11. The highest BCUT2D eigenvalue weighted by Gasteiger charge is 2.25. The standard InChI is InChI=1S/C21H22N2O2/c1-15-14-25-12-11-23(15)13-19(24)20-17-9-5-6-10-18(17)22-21(20)16-7-3-2-4-8-16/h2-10,15,22H,11-14H2,1H3. The van der Waals surface area contributed by atoms with Crippen LogP contribution in [0.15, 0.2) is 54.6 Å². The molecule has 128 valence electrons. The zero-order valence-corrected chi connectivity index (χ0v) is 14.4. The number of Topliss-reactive ketones (excluding diaryl/α,β-unsaturated/α-hetero) is 1. The molecule has 1 aromatic heterocycles. The maximum absolute atomic E-state index is 13.2. The van der Waals surface area contributed by atoms with Gasteiger partial charge in [-0.1, -0.05) is 48.5 Å². The molecule has 4 heteroatoms. The first-order chi connectivity index (χ1) is 12.2. The summed E-state index contributed by atoms with van der Waals surface area (Å²) in [5, 5.41) is 0.993. The SMILES string of the molecule is CC1COCCN1CC(=O)c1c(-c2ccccc2)[nH]c2ccccc12.